The van der Waals surface area contributed by atoms with Crippen LogP contribution in [-0.2, 0) is 28.4 Å². The van der Waals surface area contributed by atoms with Gasteiger partial charge >= 0.3 is 12.4 Å². The number of fused-ring (bicyclic) bond motifs is 1. The van der Waals surface area contributed by atoms with Gasteiger partial charge in [0.25, 0.3) is 5.69 Å². The van der Waals surface area contributed by atoms with Crippen LogP contribution >= 0.6 is 0 Å². The number of piperazine rings is 1. The van der Waals surface area contributed by atoms with Crippen molar-refractivity contribution in [2.24, 2.45) is 0 Å². The number of amides is 1. The Labute approximate surface area is 267 Å². The van der Waals surface area contributed by atoms with E-state index < -0.39 is 34.1 Å². The van der Waals surface area contributed by atoms with Crippen molar-refractivity contribution in [2.45, 2.75) is 82.7 Å². The molecule has 14 heteroatoms. The molecule has 0 bridgehead atoms. The molecular formula is C33H36F6N4O4. The highest BCUT2D eigenvalue weighted by atomic mass is 19.4. The van der Waals surface area contributed by atoms with Gasteiger partial charge in [-0.2, -0.15) is 26.3 Å². The van der Waals surface area contributed by atoms with Crippen molar-refractivity contribution in [3.8, 4) is 0 Å². The van der Waals surface area contributed by atoms with Gasteiger partial charge in [-0.3, -0.25) is 19.8 Å². The monoisotopic (exact) mass is 666 g/mol. The summed E-state index contributed by atoms with van der Waals surface area (Å²) in [5.74, 6) is -0.125. The van der Waals surface area contributed by atoms with E-state index in [2.05, 4.69) is 10.2 Å². The molecule has 1 aliphatic heterocycles. The summed E-state index contributed by atoms with van der Waals surface area (Å²) in [5.41, 5.74) is -1.84. The van der Waals surface area contributed by atoms with Crippen LogP contribution in [0.25, 0.3) is 10.8 Å². The molecule has 0 spiro atoms. The molecule has 1 amide bonds. The van der Waals surface area contributed by atoms with E-state index >= 15 is 0 Å². The number of nitro benzene ring substituents is 1. The SMILES string of the molecule is C[C@@H]1CN(C(=O)CO[C@H]2CC[C@H](Nc3ccc([N+](=O)[O-])c(C(F)(F)F)c3)CC2)C[C@H](C)N1Cc1ccc2cc(C(F)(F)F)ccc2c1. The maximum Gasteiger partial charge on any atom is 0.423 e. The number of carbonyl (C=O) groups is 1. The molecule has 1 N–H and O–H groups in total. The number of nitro groups is 1. The standard InChI is InChI=1S/C33H36F6N4O4/c1-20-16-41(17-21(2)42(20)18-22-3-4-24-14-25(32(34,35)36)6-5-23(24)13-22)31(44)19-47-28-10-7-26(8-11-28)40-27-9-12-30(43(45)46)29(15-27)33(37,38)39/h3-6,9,12-15,20-21,26,28,40H,7-8,10-11,16-19H2,1-2H3/t20-,21+,26-,28-. The summed E-state index contributed by atoms with van der Waals surface area (Å²) < 4.78 is 85.2. The summed E-state index contributed by atoms with van der Waals surface area (Å²) in [4.78, 5) is 27.1. The van der Waals surface area contributed by atoms with Gasteiger partial charge in [0.2, 0.25) is 5.91 Å². The Balaban J connectivity index is 1.08. The van der Waals surface area contributed by atoms with Crippen LogP contribution in [0.4, 0.5) is 37.7 Å². The number of rotatable bonds is 8. The average molecular weight is 667 g/mol. The lowest BCUT2D eigenvalue weighted by Gasteiger charge is -2.44. The number of nitrogens with zero attached hydrogens (tertiary/aromatic N) is 3. The molecule has 8 nitrogen and oxygen atoms in total. The Morgan fingerprint density at radius 2 is 1.53 bits per heavy atom. The second kappa shape index (κ2) is 13.7. The van der Waals surface area contributed by atoms with Crippen LogP contribution in [0.5, 0.6) is 0 Å². The minimum atomic E-state index is -4.85. The molecule has 254 valence electrons. The Morgan fingerprint density at radius 3 is 2.15 bits per heavy atom. The van der Waals surface area contributed by atoms with Crippen molar-refractivity contribution < 1.29 is 40.8 Å². The number of hydrogen-bond acceptors (Lipinski definition) is 6. The molecule has 0 radical (unpaired) electrons. The normalized spacial score (nSPS) is 22.8. The van der Waals surface area contributed by atoms with Crippen molar-refractivity contribution in [2.75, 3.05) is 25.0 Å². The van der Waals surface area contributed by atoms with Gasteiger partial charge in [-0.15, -0.1) is 0 Å². The van der Waals surface area contributed by atoms with Gasteiger partial charge in [0.05, 0.1) is 16.6 Å². The number of hydrogen-bond donors (Lipinski definition) is 1. The molecule has 3 aromatic carbocycles. The lowest BCUT2D eigenvalue weighted by atomic mass is 9.92. The largest absolute Gasteiger partial charge is 0.423 e. The highest BCUT2D eigenvalue weighted by Crippen LogP contribution is 2.38. The lowest BCUT2D eigenvalue weighted by Crippen LogP contribution is -2.58. The lowest BCUT2D eigenvalue weighted by molar-refractivity contribution is -0.388. The van der Waals surface area contributed by atoms with Crippen molar-refractivity contribution in [1.29, 1.82) is 0 Å². The molecule has 0 unspecified atom stereocenters. The second-order valence-corrected chi connectivity index (χ2v) is 12.5. The van der Waals surface area contributed by atoms with E-state index in [9.17, 15) is 41.3 Å². The van der Waals surface area contributed by atoms with Crippen LogP contribution in [0.3, 0.4) is 0 Å². The van der Waals surface area contributed by atoms with Crippen molar-refractivity contribution in [1.82, 2.24) is 9.80 Å². The zero-order chi connectivity index (χ0) is 34.1. The van der Waals surface area contributed by atoms with Gasteiger partial charge < -0.3 is 15.0 Å². The van der Waals surface area contributed by atoms with Gasteiger partial charge in [-0.1, -0.05) is 18.2 Å². The number of anilines is 1. The molecule has 1 heterocycles. The Hall–Kier alpha value is -3.91. The summed E-state index contributed by atoms with van der Waals surface area (Å²) in [6.45, 7) is 5.58. The summed E-state index contributed by atoms with van der Waals surface area (Å²) in [6, 6.07) is 12.0. The maximum atomic E-state index is 13.3. The zero-order valence-corrected chi connectivity index (χ0v) is 25.9. The van der Waals surface area contributed by atoms with E-state index in [1.54, 1.807) is 11.0 Å². The number of halogens is 6. The van der Waals surface area contributed by atoms with Gasteiger partial charge in [0.15, 0.2) is 0 Å². The third kappa shape index (κ3) is 8.33. The Kier molecular flexibility index (Phi) is 10.0. The maximum absolute atomic E-state index is 13.3. The fraction of sp³-hybridized carbons (Fsp3) is 0.485. The fourth-order valence-corrected chi connectivity index (χ4v) is 6.55. The van der Waals surface area contributed by atoms with Crippen LogP contribution in [0, 0.1) is 10.1 Å². The van der Waals surface area contributed by atoms with Crippen LogP contribution in [0.2, 0.25) is 0 Å². The molecule has 47 heavy (non-hydrogen) atoms. The van der Waals surface area contributed by atoms with Gasteiger partial charge in [-0.25, -0.2) is 0 Å². The molecule has 3 aromatic rings. The smallest absolute Gasteiger partial charge is 0.382 e. The molecule has 1 saturated heterocycles. The summed E-state index contributed by atoms with van der Waals surface area (Å²) in [6.07, 6.45) is -7.01. The van der Waals surface area contributed by atoms with Crippen LogP contribution in [-0.4, -0.2) is 64.6 Å². The van der Waals surface area contributed by atoms with Crippen molar-refractivity contribution >= 4 is 28.1 Å². The zero-order valence-electron chi connectivity index (χ0n) is 25.9. The number of ether oxygens (including phenoxy) is 1. The Bertz CT molecular complexity index is 1590. The molecule has 1 saturated carbocycles. The first-order chi connectivity index (χ1) is 22.1. The van der Waals surface area contributed by atoms with Gasteiger partial charge in [0.1, 0.15) is 12.2 Å². The molecule has 1 aliphatic carbocycles. The highest BCUT2D eigenvalue weighted by molar-refractivity contribution is 5.84. The minimum Gasteiger partial charge on any atom is -0.382 e. The quantitative estimate of drug-likeness (QED) is 0.151. The van der Waals surface area contributed by atoms with Crippen molar-refractivity contribution in [3.63, 3.8) is 0 Å². The number of carbonyl (C=O) groups excluding carboxylic acids is 1. The molecule has 2 aliphatic rings. The summed E-state index contributed by atoms with van der Waals surface area (Å²) in [5, 5.41) is 15.3. The van der Waals surface area contributed by atoms with E-state index in [4.69, 9.17) is 4.74 Å². The van der Waals surface area contributed by atoms with E-state index in [1.165, 1.54) is 12.1 Å². The third-order valence-corrected chi connectivity index (χ3v) is 9.04. The summed E-state index contributed by atoms with van der Waals surface area (Å²) in [7, 11) is 0. The average Bonchev–Trinajstić information content (AvgIpc) is 3.01. The molecule has 2 fully saturated rings. The van der Waals surface area contributed by atoms with E-state index in [-0.39, 0.29) is 42.4 Å². The minimum absolute atomic E-state index is 0.0322. The predicted octanol–water partition coefficient (Wildman–Crippen LogP) is 7.65. The predicted molar refractivity (Wildman–Crippen MR) is 164 cm³/mol. The van der Waals surface area contributed by atoms with Crippen LogP contribution in [0.1, 0.15) is 56.2 Å². The number of benzene rings is 3. The first kappa shape index (κ1) is 34.4. The molecule has 0 aromatic heterocycles. The fourth-order valence-electron chi connectivity index (χ4n) is 6.55. The van der Waals surface area contributed by atoms with E-state index in [0.717, 1.165) is 35.2 Å². The highest BCUT2D eigenvalue weighted by Gasteiger charge is 2.39. The number of alkyl halides is 6. The molecule has 5 rings (SSSR count). The first-order valence-electron chi connectivity index (χ1n) is 15.5. The first-order valence-corrected chi connectivity index (χ1v) is 15.5. The summed E-state index contributed by atoms with van der Waals surface area (Å²) >= 11 is 0. The topological polar surface area (TPSA) is 87.9 Å². The third-order valence-electron chi connectivity index (χ3n) is 9.04. The van der Waals surface area contributed by atoms with Crippen LogP contribution in [0.15, 0.2) is 54.6 Å². The van der Waals surface area contributed by atoms with E-state index in [1.807, 2.05) is 26.0 Å². The van der Waals surface area contributed by atoms with E-state index in [0.29, 0.717) is 50.7 Å². The van der Waals surface area contributed by atoms with Gasteiger partial charge in [0, 0.05) is 49.5 Å². The Morgan fingerprint density at radius 1 is 0.894 bits per heavy atom. The molecular weight excluding hydrogens is 630 g/mol. The number of nitrogens with one attached hydrogen (secondary N) is 1. The molecule has 2 atom stereocenters. The second-order valence-electron chi connectivity index (χ2n) is 12.5. The van der Waals surface area contributed by atoms with Crippen molar-refractivity contribution in [3.05, 3.63) is 81.4 Å². The van der Waals surface area contributed by atoms with Crippen LogP contribution < -0.4 is 5.32 Å². The van der Waals surface area contributed by atoms with Gasteiger partial charge in [-0.05, 0) is 86.2 Å².